The van der Waals surface area contributed by atoms with Crippen molar-refractivity contribution >= 4 is 17.3 Å². The molecule has 6 nitrogen and oxygen atoms in total. The molecule has 6 heteroatoms. The van der Waals surface area contributed by atoms with E-state index in [0.717, 1.165) is 16.9 Å². The molecule has 0 fully saturated rings. The fourth-order valence-corrected chi connectivity index (χ4v) is 2.02. The predicted octanol–water partition coefficient (Wildman–Crippen LogP) is 1.67. The molecule has 2 rings (SSSR count). The van der Waals surface area contributed by atoms with Crippen LogP contribution < -0.4 is 16.4 Å². The number of aromatic nitrogens is 2. The Morgan fingerprint density at radius 3 is 2.81 bits per heavy atom. The molecule has 0 saturated carbocycles. The van der Waals surface area contributed by atoms with Gasteiger partial charge >= 0.3 is 0 Å². The number of amides is 1. The molecule has 0 aliphatic heterocycles. The third kappa shape index (κ3) is 3.34. The van der Waals surface area contributed by atoms with Gasteiger partial charge in [-0.2, -0.15) is 5.10 Å². The second-order valence-electron chi connectivity index (χ2n) is 4.89. The Bertz CT molecular complexity index is 648. The van der Waals surface area contributed by atoms with E-state index < -0.39 is 0 Å². The molecule has 1 aromatic carbocycles. The van der Waals surface area contributed by atoms with Crippen molar-refractivity contribution in [3.63, 3.8) is 0 Å². The van der Waals surface area contributed by atoms with Crippen LogP contribution in [0.25, 0.3) is 0 Å². The molecule has 0 unspecified atom stereocenters. The number of nitrogens with one attached hydrogen (secondary N) is 2. The number of rotatable bonds is 5. The van der Waals surface area contributed by atoms with Crippen molar-refractivity contribution in [1.29, 1.82) is 0 Å². The Morgan fingerprint density at radius 2 is 2.19 bits per heavy atom. The fraction of sp³-hybridized carbons (Fsp3) is 0.333. The van der Waals surface area contributed by atoms with E-state index >= 15 is 0 Å². The minimum Gasteiger partial charge on any atom is -0.397 e. The van der Waals surface area contributed by atoms with E-state index in [1.165, 1.54) is 0 Å². The van der Waals surface area contributed by atoms with Gasteiger partial charge in [0.2, 0.25) is 0 Å². The molecule has 1 heterocycles. The summed E-state index contributed by atoms with van der Waals surface area (Å²) in [6.07, 6.45) is 1.83. The highest BCUT2D eigenvalue weighted by Crippen LogP contribution is 2.21. The lowest BCUT2D eigenvalue weighted by molar-refractivity contribution is 0.0956. The van der Waals surface area contributed by atoms with Gasteiger partial charge in [0.05, 0.1) is 17.6 Å². The number of anilines is 2. The van der Waals surface area contributed by atoms with E-state index in [1.54, 1.807) is 18.2 Å². The van der Waals surface area contributed by atoms with Crippen LogP contribution in [-0.2, 0) is 13.6 Å². The highest BCUT2D eigenvalue weighted by atomic mass is 16.1. The highest BCUT2D eigenvalue weighted by molar-refractivity contribution is 5.96. The van der Waals surface area contributed by atoms with Crippen LogP contribution in [0.1, 0.15) is 28.5 Å². The first-order valence-corrected chi connectivity index (χ1v) is 6.92. The van der Waals surface area contributed by atoms with Gasteiger partial charge in [0, 0.05) is 37.0 Å². The molecule has 0 bridgehead atoms. The van der Waals surface area contributed by atoms with E-state index in [4.69, 9.17) is 5.73 Å². The number of carbonyl (C=O) groups excluding carboxylic acids is 1. The second-order valence-corrected chi connectivity index (χ2v) is 4.89. The van der Waals surface area contributed by atoms with Gasteiger partial charge in [-0.15, -0.1) is 0 Å². The van der Waals surface area contributed by atoms with E-state index in [2.05, 4.69) is 15.7 Å². The first-order chi connectivity index (χ1) is 10.0. The van der Waals surface area contributed by atoms with Gasteiger partial charge < -0.3 is 16.4 Å². The standard InChI is InChI=1S/C15H21N5O/c1-4-17-15(21)11-5-6-13(16)14(7-11)18-8-12-9-19-20(3)10(12)2/h5-7,9,18H,4,8,16H2,1-3H3,(H,17,21). The van der Waals surface area contributed by atoms with Crippen molar-refractivity contribution in [2.45, 2.75) is 20.4 Å². The highest BCUT2D eigenvalue weighted by Gasteiger charge is 2.09. The van der Waals surface area contributed by atoms with Crippen molar-refractivity contribution in [1.82, 2.24) is 15.1 Å². The smallest absolute Gasteiger partial charge is 0.251 e. The normalized spacial score (nSPS) is 10.4. The summed E-state index contributed by atoms with van der Waals surface area (Å²) >= 11 is 0. The molecule has 2 aromatic rings. The zero-order chi connectivity index (χ0) is 15.4. The molecule has 4 N–H and O–H groups in total. The Hall–Kier alpha value is -2.50. The maximum Gasteiger partial charge on any atom is 0.251 e. The van der Waals surface area contributed by atoms with Gasteiger partial charge in [-0.3, -0.25) is 9.48 Å². The molecule has 1 amide bonds. The molecule has 0 saturated heterocycles. The van der Waals surface area contributed by atoms with Crippen LogP contribution in [0.5, 0.6) is 0 Å². The molecule has 0 aliphatic carbocycles. The molecule has 112 valence electrons. The SMILES string of the molecule is CCNC(=O)c1ccc(N)c(NCc2cnn(C)c2C)c1. The van der Waals surface area contributed by atoms with Gasteiger partial charge in [-0.25, -0.2) is 0 Å². The average Bonchev–Trinajstić information content (AvgIpc) is 2.78. The first-order valence-electron chi connectivity index (χ1n) is 6.92. The minimum absolute atomic E-state index is 0.0990. The van der Waals surface area contributed by atoms with Crippen molar-refractivity contribution in [2.24, 2.45) is 7.05 Å². The Balaban J connectivity index is 2.14. The minimum atomic E-state index is -0.0990. The summed E-state index contributed by atoms with van der Waals surface area (Å²) in [6.45, 7) is 5.11. The summed E-state index contributed by atoms with van der Waals surface area (Å²) in [7, 11) is 1.91. The number of carbonyl (C=O) groups is 1. The Morgan fingerprint density at radius 1 is 1.43 bits per heavy atom. The molecular weight excluding hydrogens is 266 g/mol. The summed E-state index contributed by atoms with van der Waals surface area (Å²) in [4.78, 5) is 11.8. The average molecular weight is 287 g/mol. The quantitative estimate of drug-likeness (QED) is 0.730. The fourth-order valence-electron chi connectivity index (χ4n) is 2.02. The molecule has 1 aromatic heterocycles. The van der Waals surface area contributed by atoms with Crippen LogP contribution in [0.15, 0.2) is 24.4 Å². The number of nitrogens with two attached hydrogens (primary N) is 1. The van der Waals surface area contributed by atoms with Crippen LogP contribution in [0, 0.1) is 6.92 Å². The lowest BCUT2D eigenvalue weighted by Crippen LogP contribution is -2.22. The number of nitrogen functional groups attached to an aromatic ring is 1. The number of hydrogen-bond acceptors (Lipinski definition) is 4. The third-order valence-electron chi connectivity index (χ3n) is 3.46. The molecule has 0 atom stereocenters. The summed E-state index contributed by atoms with van der Waals surface area (Å²) in [6, 6.07) is 5.23. The third-order valence-corrected chi connectivity index (χ3v) is 3.46. The van der Waals surface area contributed by atoms with Crippen LogP contribution >= 0.6 is 0 Å². The summed E-state index contributed by atoms with van der Waals surface area (Å²) < 4.78 is 1.82. The monoisotopic (exact) mass is 287 g/mol. The van der Waals surface area contributed by atoms with Crippen LogP contribution in [0.2, 0.25) is 0 Å². The summed E-state index contributed by atoms with van der Waals surface area (Å²) in [5.74, 6) is -0.0990. The van der Waals surface area contributed by atoms with E-state index in [0.29, 0.717) is 24.3 Å². The molecule has 0 radical (unpaired) electrons. The Kier molecular flexibility index (Phi) is 4.47. The zero-order valence-electron chi connectivity index (χ0n) is 12.6. The topological polar surface area (TPSA) is 85.0 Å². The molecular formula is C15H21N5O. The zero-order valence-corrected chi connectivity index (χ0v) is 12.6. The van der Waals surface area contributed by atoms with Gasteiger partial charge in [-0.1, -0.05) is 0 Å². The van der Waals surface area contributed by atoms with Crippen molar-refractivity contribution in [3.8, 4) is 0 Å². The second kappa shape index (κ2) is 6.30. The molecule has 0 spiro atoms. The van der Waals surface area contributed by atoms with E-state index in [9.17, 15) is 4.79 Å². The first kappa shape index (κ1) is 14.9. The number of benzene rings is 1. The number of aryl methyl sites for hydroxylation is 1. The van der Waals surface area contributed by atoms with Crippen molar-refractivity contribution in [3.05, 3.63) is 41.2 Å². The van der Waals surface area contributed by atoms with Crippen molar-refractivity contribution in [2.75, 3.05) is 17.6 Å². The maximum atomic E-state index is 11.8. The van der Waals surface area contributed by atoms with Gasteiger partial charge in [0.15, 0.2) is 0 Å². The van der Waals surface area contributed by atoms with Crippen LogP contribution in [0.4, 0.5) is 11.4 Å². The van der Waals surface area contributed by atoms with E-state index in [1.807, 2.05) is 31.8 Å². The van der Waals surface area contributed by atoms with Gasteiger partial charge in [0.1, 0.15) is 0 Å². The van der Waals surface area contributed by atoms with E-state index in [-0.39, 0.29) is 5.91 Å². The molecule has 0 aliphatic rings. The largest absolute Gasteiger partial charge is 0.397 e. The lowest BCUT2D eigenvalue weighted by Gasteiger charge is -2.11. The number of hydrogen-bond donors (Lipinski definition) is 3. The lowest BCUT2D eigenvalue weighted by atomic mass is 10.1. The summed E-state index contributed by atoms with van der Waals surface area (Å²) in [5, 5.41) is 10.2. The van der Waals surface area contributed by atoms with Crippen LogP contribution in [-0.4, -0.2) is 22.2 Å². The Labute approximate surface area is 124 Å². The number of nitrogens with zero attached hydrogens (tertiary/aromatic N) is 2. The van der Waals surface area contributed by atoms with Gasteiger partial charge in [-0.05, 0) is 32.0 Å². The van der Waals surface area contributed by atoms with Crippen molar-refractivity contribution < 1.29 is 4.79 Å². The van der Waals surface area contributed by atoms with Gasteiger partial charge in [0.25, 0.3) is 5.91 Å². The summed E-state index contributed by atoms with van der Waals surface area (Å²) in [5.41, 5.74) is 10.1. The molecule has 21 heavy (non-hydrogen) atoms. The predicted molar refractivity (Wildman–Crippen MR) is 84.1 cm³/mol. The van der Waals surface area contributed by atoms with Crippen LogP contribution in [0.3, 0.4) is 0 Å². The maximum absolute atomic E-state index is 11.8.